The van der Waals surface area contributed by atoms with Gasteiger partial charge in [-0.15, -0.1) is 0 Å². The van der Waals surface area contributed by atoms with E-state index in [1.54, 1.807) is 18.7 Å². The normalized spacial score (nSPS) is 24.2. The van der Waals surface area contributed by atoms with Gasteiger partial charge < -0.3 is 10.0 Å². The van der Waals surface area contributed by atoms with Gasteiger partial charge in [-0.1, -0.05) is 27.7 Å². The van der Waals surface area contributed by atoms with Gasteiger partial charge in [-0.25, -0.2) is 0 Å². The maximum Gasteiger partial charge on any atom is 0.401 e. The topological polar surface area (TPSA) is 52.6 Å². The van der Waals surface area contributed by atoms with Crippen molar-refractivity contribution < 1.29 is 23.1 Å². The van der Waals surface area contributed by atoms with Gasteiger partial charge >= 0.3 is 6.18 Å². The van der Waals surface area contributed by atoms with E-state index in [2.05, 4.69) is 5.32 Å². The average Bonchev–Trinajstić information content (AvgIpc) is 2.44. The van der Waals surface area contributed by atoms with Crippen LogP contribution in [0.25, 0.3) is 0 Å². The summed E-state index contributed by atoms with van der Waals surface area (Å²) in [5.74, 6) is -0.562. The Kier molecular flexibility index (Phi) is 6.27. The van der Waals surface area contributed by atoms with Gasteiger partial charge in [-0.2, -0.15) is 13.2 Å². The van der Waals surface area contributed by atoms with Crippen LogP contribution in [0.1, 0.15) is 40.5 Å². The second-order valence-electron chi connectivity index (χ2n) is 7.29. The zero-order valence-electron chi connectivity index (χ0n) is 13.7. The van der Waals surface area contributed by atoms with Crippen molar-refractivity contribution in [3.8, 4) is 0 Å². The van der Waals surface area contributed by atoms with Crippen molar-refractivity contribution in [3.05, 3.63) is 0 Å². The lowest BCUT2D eigenvalue weighted by atomic mass is 9.86. The van der Waals surface area contributed by atoms with E-state index in [0.29, 0.717) is 25.9 Å². The summed E-state index contributed by atoms with van der Waals surface area (Å²) >= 11 is 0. The fourth-order valence-corrected chi connectivity index (χ4v) is 2.92. The van der Waals surface area contributed by atoms with Gasteiger partial charge in [-0.05, 0) is 24.2 Å². The van der Waals surface area contributed by atoms with Crippen LogP contribution < -0.4 is 5.32 Å². The molecule has 1 rings (SSSR count). The molecule has 1 saturated heterocycles. The van der Waals surface area contributed by atoms with Crippen molar-refractivity contribution in [1.29, 1.82) is 0 Å². The van der Waals surface area contributed by atoms with Gasteiger partial charge in [0.1, 0.15) is 0 Å². The molecule has 0 spiro atoms. The molecule has 0 saturated carbocycles. The predicted octanol–water partition coefficient (Wildman–Crippen LogP) is 2.17. The minimum Gasteiger partial charge on any atom is -0.393 e. The van der Waals surface area contributed by atoms with Gasteiger partial charge in [-0.3, -0.25) is 10.1 Å². The van der Waals surface area contributed by atoms with Crippen molar-refractivity contribution in [2.24, 2.45) is 11.3 Å². The average molecular weight is 324 g/mol. The highest BCUT2D eigenvalue weighted by Crippen LogP contribution is 2.29. The van der Waals surface area contributed by atoms with Crippen LogP contribution in [0.15, 0.2) is 0 Å². The van der Waals surface area contributed by atoms with Gasteiger partial charge in [0.25, 0.3) is 0 Å². The van der Waals surface area contributed by atoms with Crippen molar-refractivity contribution >= 4 is 5.91 Å². The van der Waals surface area contributed by atoms with Gasteiger partial charge in [0.15, 0.2) is 0 Å². The van der Waals surface area contributed by atoms with Gasteiger partial charge in [0.05, 0.1) is 18.7 Å². The Bertz CT molecular complexity index is 383. The van der Waals surface area contributed by atoms with E-state index in [1.807, 2.05) is 13.8 Å². The Morgan fingerprint density at radius 3 is 2.50 bits per heavy atom. The molecule has 0 aromatic heterocycles. The molecular weight excluding hydrogens is 297 g/mol. The van der Waals surface area contributed by atoms with Crippen LogP contribution in [0.4, 0.5) is 13.2 Å². The molecule has 1 fully saturated rings. The summed E-state index contributed by atoms with van der Waals surface area (Å²) in [6, 6.07) is -0.868. The van der Waals surface area contributed by atoms with Crippen LogP contribution in [0, 0.1) is 11.3 Å². The van der Waals surface area contributed by atoms with E-state index in [0.717, 1.165) is 0 Å². The third kappa shape index (κ3) is 6.12. The number of halogens is 3. The summed E-state index contributed by atoms with van der Waals surface area (Å²) < 4.78 is 37.2. The fraction of sp³-hybridized carbons (Fsp3) is 0.933. The SMILES string of the molecule is CC(C)[C@H](NCC(F)(F)F)C(=O)N1CCC(O)CC(C)(C)C1. The molecule has 130 valence electrons. The maximum atomic E-state index is 12.6. The van der Waals surface area contributed by atoms with Crippen molar-refractivity contribution in [2.45, 2.75) is 58.9 Å². The largest absolute Gasteiger partial charge is 0.401 e. The molecule has 0 aromatic carbocycles. The molecule has 22 heavy (non-hydrogen) atoms. The van der Waals surface area contributed by atoms with Crippen LogP contribution in [0.2, 0.25) is 0 Å². The Balaban J connectivity index is 2.80. The third-order valence-corrected chi connectivity index (χ3v) is 3.91. The summed E-state index contributed by atoms with van der Waals surface area (Å²) in [5, 5.41) is 12.2. The van der Waals surface area contributed by atoms with E-state index in [1.165, 1.54) is 0 Å². The molecule has 0 aromatic rings. The fourth-order valence-electron chi connectivity index (χ4n) is 2.92. The summed E-state index contributed by atoms with van der Waals surface area (Å²) in [6.45, 7) is 7.00. The summed E-state index contributed by atoms with van der Waals surface area (Å²) in [6.07, 6.45) is -3.78. The van der Waals surface area contributed by atoms with Crippen molar-refractivity contribution in [2.75, 3.05) is 19.6 Å². The molecule has 1 amide bonds. The number of alkyl halides is 3. The molecule has 1 unspecified atom stereocenters. The molecule has 0 bridgehead atoms. The Morgan fingerprint density at radius 2 is 2.00 bits per heavy atom. The Morgan fingerprint density at radius 1 is 1.41 bits per heavy atom. The third-order valence-electron chi connectivity index (χ3n) is 3.91. The highest BCUT2D eigenvalue weighted by molar-refractivity contribution is 5.82. The molecular formula is C15H27F3N2O2. The lowest BCUT2D eigenvalue weighted by Crippen LogP contribution is -2.52. The number of nitrogens with zero attached hydrogens (tertiary/aromatic N) is 1. The zero-order valence-corrected chi connectivity index (χ0v) is 13.7. The molecule has 0 radical (unpaired) electrons. The van der Waals surface area contributed by atoms with Crippen LogP contribution in [-0.2, 0) is 4.79 Å². The first-order chi connectivity index (χ1) is 9.91. The summed E-state index contributed by atoms with van der Waals surface area (Å²) in [7, 11) is 0. The van der Waals surface area contributed by atoms with Crippen LogP contribution >= 0.6 is 0 Å². The molecule has 1 heterocycles. The molecule has 1 aliphatic heterocycles. The minimum atomic E-state index is -4.35. The van der Waals surface area contributed by atoms with Crippen molar-refractivity contribution in [3.63, 3.8) is 0 Å². The first-order valence-electron chi connectivity index (χ1n) is 7.68. The van der Waals surface area contributed by atoms with E-state index < -0.39 is 24.9 Å². The lowest BCUT2D eigenvalue weighted by molar-refractivity contribution is -0.140. The van der Waals surface area contributed by atoms with E-state index >= 15 is 0 Å². The smallest absolute Gasteiger partial charge is 0.393 e. The number of aliphatic hydroxyl groups excluding tert-OH is 1. The monoisotopic (exact) mass is 324 g/mol. The number of hydrogen-bond donors (Lipinski definition) is 2. The molecule has 2 N–H and O–H groups in total. The summed E-state index contributed by atoms with van der Waals surface area (Å²) in [4.78, 5) is 14.2. The number of hydrogen-bond acceptors (Lipinski definition) is 3. The van der Waals surface area contributed by atoms with Gasteiger partial charge in [0, 0.05) is 13.1 Å². The maximum absolute atomic E-state index is 12.6. The first-order valence-corrected chi connectivity index (χ1v) is 7.68. The number of aliphatic hydroxyl groups is 1. The van der Waals surface area contributed by atoms with E-state index in [9.17, 15) is 23.1 Å². The van der Waals surface area contributed by atoms with Crippen LogP contribution in [0.3, 0.4) is 0 Å². The standard InChI is InChI=1S/C15H27F3N2O2/c1-10(2)12(19-8-15(16,17)18)13(22)20-6-5-11(21)7-14(3,4)9-20/h10-12,19,21H,5-9H2,1-4H3/t11?,12-/m0/s1. The van der Waals surface area contributed by atoms with E-state index in [4.69, 9.17) is 0 Å². The molecule has 2 atom stereocenters. The number of carbonyl (C=O) groups is 1. The number of amides is 1. The van der Waals surface area contributed by atoms with Crippen LogP contribution in [-0.4, -0.2) is 53.9 Å². The Hall–Kier alpha value is -0.820. The number of carbonyl (C=O) groups excluding carboxylic acids is 1. The highest BCUT2D eigenvalue weighted by Gasteiger charge is 2.36. The van der Waals surface area contributed by atoms with Crippen molar-refractivity contribution in [1.82, 2.24) is 10.2 Å². The predicted molar refractivity (Wildman–Crippen MR) is 78.3 cm³/mol. The molecule has 4 nitrogen and oxygen atoms in total. The first kappa shape index (κ1) is 19.2. The minimum absolute atomic E-state index is 0.244. The molecule has 0 aliphatic carbocycles. The lowest BCUT2D eigenvalue weighted by Gasteiger charge is -2.33. The van der Waals surface area contributed by atoms with E-state index in [-0.39, 0.29) is 17.2 Å². The van der Waals surface area contributed by atoms with Crippen LogP contribution in [0.5, 0.6) is 0 Å². The Labute approximate surface area is 130 Å². The second-order valence-corrected chi connectivity index (χ2v) is 7.29. The second kappa shape index (κ2) is 7.17. The molecule has 1 aliphatic rings. The number of likely N-dealkylation sites (tertiary alicyclic amines) is 1. The molecule has 7 heteroatoms. The zero-order chi connectivity index (χ0) is 17.1. The quantitative estimate of drug-likeness (QED) is 0.833. The van der Waals surface area contributed by atoms with Gasteiger partial charge in [0.2, 0.25) is 5.91 Å². The number of nitrogens with one attached hydrogen (secondary N) is 1. The summed E-state index contributed by atoms with van der Waals surface area (Å²) in [5.41, 5.74) is -0.253. The number of rotatable bonds is 4. The highest BCUT2D eigenvalue weighted by atomic mass is 19.4.